The summed E-state index contributed by atoms with van der Waals surface area (Å²) in [5, 5.41) is 7.08. The van der Waals surface area contributed by atoms with E-state index < -0.39 is 0 Å². The molecule has 5 heteroatoms. The molecule has 0 aromatic heterocycles. The molecule has 1 saturated heterocycles. The first-order valence-corrected chi connectivity index (χ1v) is 10.5. The molecule has 0 amide bonds. The van der Waals surface area contributed by atoms with Crippen molar-refractivity contribution in [2.24, 2.45) is 10.9 Å². The van der Waals surface area contributed by atoms with Gasteiger partial charge in [-0.15, -0.1) is 0 Å². The van der Waals surface area contributed by atoms with Gasteiger partial charge in [-0.3, -0.25) is 14.8 Å². The Morgan fingerprint density at radius 2 is 1.78 bits per heavy atom. The van der Waals surface area contributed by atoms with E-state index >= 15 is 0 Å². The molecule has 0 radical (unpaired) electrons. The van der Waals surface area contributed by atoms with E-state index in [2.05, 4.69) is 84.3 Å². The highest BCUT2D eigenvalue weighted by atomic mass is 15.3. The molecule has 1 aromatic carbocycles. The topological polar surface area (TPSA) is 42.9 Å². The Morgan fingerprint density at radius 1 is 1.15 bits per heavy atom. The lowest BCUT2D eigenvalue weighted by molar-refractivity contribution is 0.265. The van der Waals surface area contributed by atoms with Crippen molar-refractivity contribution in [2.75, 3.05) is 33.2 Å². The molecule has 1 fully saturated rings. The number of aliphatic imine (C=N–C) groups is 1. The number of benzene rings is 1. The SMILES string of the molecule is CCN(CC)Cc1ccc(CNC(=NC)NC2CN(C(C)C)CC2C)cc1. The predicted molar refractivity (Wildman–Crippen MR) is 116 cm³/mol. The average molecular weight is 374 g/mol. The lowest BCUT2D eigenvalue weighted by Gasteiger charge is -2.22. The maximum Gasteiger partial charge on any atom is 0.191 e. The first kappa shape index (κ1) is 21.7. The van der Waals surface area contributed by atoms with Crippen molar-refractivity contribution in [2.45, 2.75) is 59.8 Å². The van der Waals surface area contributed by atoms with Crippen molar-refractivity contribution in [3.63, 3.8) is 0 Å². The monoisotopic (exact) mass is 373 g/mol. The number of nitrogens with one attached hydrogen (secondary N) is 2. The van der Waals surface area contributed by atoms with Crippen LogP contribution >= 0.6 is 0 Å². The molecular weight excluding hydrogens is 334 g/mol. The molecule has 152 valence electrons. The maximum atomic E-state index is 4.42. The molecule has 2 unspecified atom stereocenters. The summed E-state index contributed by atoms with van der Waals surface area (Å²) in [7, 11) is 1.85. The highest BCUT2D eigenvalue weighted by Gasteiger charge is 2.31. The van der Waals surface area contributed by atoms with Gasteiger partial charge in [-0.25, -0.2) is 0 Å². The van der Waals surface area contributed by atoms with Crippen molar-refractivity contribution in [1.82, 2.24) is 20.4 Å². The van der Waals surface area contributed by atoms with Gasteiger partial charge in [0.25, 0.3) is 0 Å². The van der Waals surface area contributed by atoms with E-state index in [1.54, 1.807) is 0 Å². The first-order chi connectivity index (χ1) is 13.0. The predicted octanol–water partition coefficient (Wildman–Crippen LogP) is 2.92. The Balaban J connectivity index is 1.84. The van der Waals surface area contributed by atoms with Crippen molar-refractivity contribution in [1.29, 1.82) is 0 Å². The largest absolute Gasteiger partial charge is 0.352 e. The molecule has 0 bridgehead atoms. The van der Waals surface area contributed by atoms with Crippen LogP contribution in [-0.2, 0) is 13.1 Å². The van der Waals surface area contributed by atoms with Gasteiger partial charge in [0.15, 0.2) is 5.96 Å². The summed E-state index contributed by atoms with van der Waals surface area (Å²) >= 11 is 0. The molecule has 2 atom stereocenters. The summed E-state index contributed by atoms with van der Waals surface area (Å²) in [6, 6.07) is 9.98. The fourth-order valence-electron chi connectivity index (χ4n) is 3.64. The summed E-state index contributed by atoms with van der Waals surface area (Å²) in [4.78, 5) is 9.38. The molecule has 1 aromatic rings. The van der Waals surface area contributed by atoms with Crippen molar-refractivity contribution in [3.05, 3.63) is 35.4 Å². The third kappa shape index (κ3) is 6.51. The van der Waals surface area contributed by atoms with Gasteiger partial charge >= 0.3 is 0 Å². The lowest BCUT2D eigenvalue weighted by Crippen LogP contribution is -2.46. The second kappa shape index (κ2) is 10.7. The third-order valence-electron chi connectivity index (χ3n) is 5.70. The van der Waals surface area contributed by atoms with Crippen LogP contribution in [0.1, 0.15) is 45.7 Å². The van der Waals surface area contributed by atoms with Gasteiger partial charge in [-0.05, 0) is 44.0 Å². The van der Waals surface area contributed by atoms with Gasteiger partial charge in [0.1, 0.15) is 0 Å². The number of likely N-dealkylation sites (tertiary alicyclic amines) is 1. The van der Waals surface area contributed by atoms with Gasteiger partial charge < -0.3 is 10.6 Å². The summed E-state index contributed by atoms with van der Waals surface area (Å²) in [5.74, 6) is 1.52. The smallest absolute Gasteiger partial charge is 0.191 e. The second-order valence-electron chi connectivity index (χ2n) is 7.98. The minimum atomic E-state index is 0.454. The highest BCUT2D eigenvalue weighted by Crippen LogP contribution is 2.18. The highest BCUT2D eigenvalue weighted by molar-refractivity contribution is 5.80. The van der Waals surface area contributed by atoms with E-state index in [0.29, 0.717) is 18.0 Å². The van der Waals surface area contributed by atoms with Crippen molar-refractivity contribution in [3.8, 4) is 0 Å². The van der Waals surface area contributed by atoms with Crippen LogP contribution in [0.5, 0.6) is 0 Å². The maximum absolute atomic E-state index is 4.42. The van der Waals surface area contributed by atoms with Crippen LogP contribution in [0.15, 0.2) is 29.3 Å². The van der Waals surface area contributed by atoms with Gasteiger partial charge in [0, 0.05) is 45.3 Å². The van der Waals surface area contributed by atoms with Crippen LogP contribution in [0.2, 0.25) is 0 Å². The van der Waals surface area contributed by atoms with E-state index in [0.717, 1.165) is 45.2 Å². The zero-order valence-corrected chi connectivity index (χ0v) is 18.1. The van der Waals surface area contributed by atoms with Gasteiger partial charge in [0.2, 0.25) is 0 Å². The Hall–Kier alpha value is -1.59. The van der Waals surface area contributed by atoms with Crippen molar-refractivity contribution < 1.29 is 0 Å². The summed E-state index contributed by atoms with van der Waals surface area (Å²) in [6.07, 6.45) is 0. The molecule has 0 spiro atoms. The van der Waals surface area contributed by atoms with Crippen LogP contribution in [0.3, 0.4) is 0 Å². The normalized spacial score (nSPS) is 21.3. The fourth-order valence-corrected chi connectivity index (χ4v) is 3.64. The molecular formula is C22H39N5. The van der Waals surface area contributed by atoms with Gasteiger partial charge in [-0.2, -0.15) is 0 Å². The van der Waals surface area contributed by atoms with E-state index in [-0.39, 0.29) is 0 Å². The minimum absolute atomic E-state index is 0.454. The molecule has 1 aliphatic rings. The van der Waals surface area contributed by atoms with Crippen LogP contribution < -0.4 is 10.6 Å². The van der Waals surface area contributed by atoms with Crippen LogP contribution in [-0.4, -0.2) is 61.1 Å². The number of hydrogen-bond donors (Lipinski definition) is 2. The molecule has 0 aliphatic carbocycles. The zero-order chi connectivity index (χ0) is 19.8. The molecule has 5 nitrogen and oxygen atoms in total. The number of hydrogen-bond acceptors (Lipinski definition) is 3. The number of nitrogens with zero attached hydrogens (tertiary/aromatic N) is 3. The standard InChI is InChI=1S/C22H39N5/c1-7-26(8-2)15-20-11-9-19(10-12-20)13-24-22(23-6)25-21-16-27(17(3)4)14-18(21)5/h9-12,17-18,21H,7-8,13-16H2,1-6H3,(H2,23,24,25). The Labute approximate surface area is 166 Å². The number of guanidine groups is 1. The van der Waals surface area contributed by atoms with E-state index in [9.17, 15) is 0 Å². The molecule has 2 N–H and O–H groups in total. The first-order valence-electron chi connectivity index (χ1n) is 10.5. The minimum Gasteiger partial charge on any atom is -0.352 e. The Kier molecular flexibility index (Phi) is 8.58. The molecule has 1 heterocycles. The van der Waals surface area contributed by atoms with Gasteiger partial charge in [-0.1, -0.05) is 45.0 Å². The summed E-state index contributed by atoms with van der Waals surface area (Å²) in [5.41, 5.74) is 2.66. The van der Waals surface area contributed by atoms with Crippen LogP contribution in [0.4, 0.5) is 0 Å². The molecule has 2 rings (SSSR count). The Morgan fingerprint density at radius 3 is 2.30 bits per heavy atom. The van der Waals surface area contributed by atoms with E-state index in [1.165, 1.54) is 11.1 Å². The summed E-state index contributed by atoms with van der Waals surface area (Å²) in [6.45, 7) is 17.5. The fraction of sp³-hybridized carbons (Fsp3) is 0.682. The quantitative estimate of drug-likeness (QED) is 0.543. The number of rotatable bonds is 8. The van der Waals surface area contributed by atoms with Crippen molar-refractivity contribution >= 4 is 5.96 Å². The van der Waals surface area contributed by atoms with Gasteiger partial charge in [0.05, 0.1) is 0 Å². The van der Waals surface area contributed by atoms with E-state index in [1.807, 2.05) is 7.05 Å². The molecule has 0 saturated carbocycles. The lowest BCUT2D eigenvalue weighted by atomic mass is 10.1. The second-order valence-corrected chi connectivity index (χ2v) is 7.98. The Bertz CT molecular complexity index is 577. The molecule has 1 aliphatic heterocycles. The zero-order valence-electron chi connectivity index (χ0n) is 18.1. The molecule has 27 heavy (non-hydrogen) atoms. The summed E-state index contributed by atoms with van der Waals surface area (Å²) < 4.78 is 0. The average Bonchev–Trinajstić information content (AvgIpc) is 3.04. The van der Waals surface area contributed by atoms with E-state index in [4.69, 9.17) is 0 Å². The van der Waals surface area contributed by atoms with Crippen LogP contribution in [0.25, 0.3) is 0 Å². The van der Waals surface area contributed by atoms with Crippen LogP contribution in [0, 0.1) is 5.92 Å². The third-order valence-corrected chi connectivity index (χ3v) is 5.70.